The summed E-state index contributed by atoms with van der Waals surface area (Å²) in [6.45, 7) is 1.56. The van der Waals surface area contributed by atoms with Crippen LogP contribution in [0.5, 0.6) is 0 Å². The molecule has 1 aliphatic carbocycles. The number of carbonyl (C=O) groups excluding carboxylic acids is 1. The first-order valence-electron chi connectivity index (χ1n) is 4.21. The summed E-state index contributed by atoms with van der Waals surface area (Å²) in [5.41, 5.74) is 5.72. The first-order chi connectivity index (χ1) is 5.18. The lowest BCUT2D eigenvalue weighted by Gasteiger charge is -2.26. The molecule has 1 aliphatic rings. The largest absolute Gasteiger partial charge is 0.354 e. The maximum atomic E-state index is 10.7. The van der Waals surface area contributed by atoms with Gasteiger partial charge in [-0.2, -0.15) is 0 Å². The Balaban J connectivity index is 0.00000121. The van der Waals surface area contributed by atoms with E-state index in [0.717, 1.165) is 25.7 Å². The van der Waals surface area contributed by atoms with Gasteiger partial charge in [0.2, 0.25) is 5.91 Å². The summed E-state index contributed by atoms with van der Waals surface area (Å²) in [5.74, 6) is 0.0745. The third kappa shape index (κ3) is 3.93. The topological polar surface area (TPSA) is 55.1 Å². The van der Waals surface area contributed by atoms with Crippen molar-refractivity contribution in [2.24, 2.45) is 5.73 Å². The Hall–Kier alpha value is -0.280. The minimum absolute atomic E-state index is 0. The average molecular weight is 193 g/mol. The van der Waals surface area contributed by atoms with Crippen molar-refractivity contribution in [1.29, 1.82) is 0 Å². The predicted octanol–water partition coefficient (Wildman–Crippen LogP) is 0.814. The molecule has 0 unspecified atom stereocenters. The number of hydrogen-bond donors (Lipinski definition) is 2. The van der Waals surface area contributed by atoms with Gasteiger partial charge in [0.15, 0.2) is 0 Å². The molecule has 3 nitrogen and oxygen atoms in total. The van der Waals surface area contributed by atoms with Crippen LogP contribution in [0.25, 0.3) is 0 Å². The molecule has 1 rings (SSSR count). The van der Waals surface area contributed by atoms with Gasteiger partial charge < -0.3 is 11.1 Å². The van der Waals surface area contributed by atoms with E-state index in [0.29, 0.717) is 12.1 Å². The number of amides is 1. The minimum atomic E-state index is 0. The molecule has 12 heavy (non-hydrogen) atoms. The zero-order valence-corrected chi connectivity index (χ0v) is 8.19. The van der Waals surface area contributed by atoms with Gasteiger partial charge in [-0.1, -0.05) is 0 Å². The lowest BCUT2D eigenvalue weighted by molar-refractivity contribution is -0.119. The normalized spacial score (nSPS) is 28.8. The Kier molecular flexibility index (Phi) is 5.25. The van der Waals surface area contributed by atoms with E-state index in [1.165, 1.54) is 0 Å². The number of hydrogen-bond acceptors (Lipinski definition) is 2. The van der Waals surface area contributed by atoms with Crippen LogP contribution in [-0.2, 0) is 4.79 Å². The highest BCUT2D eigenvalue weighted by molar-refractivity contribution is 5.85. The van der Waals surface area contributed by atoms with Crippen LogP contribution < -0.4 is 11.1 Å². The fourth-order valence-corrected chi connectivity index (χ4v) is 1.55. The van der Waals surface area contributed by atoms with Crippen molar-refractivity contribution in [3.8, 4) is 0 Å². The van der Waals surface area contributed by atoms with Crippen LogP contribution in [0.4, 0.5) is 0 Å². The van der Waals surface area contributed by atoms with E-state index < -0.39 is 0 Å². The molecular weight excluding hydrogens is 176 g/mol. The van der Waals surface area contributed by atoms with Crippen LogP contribution in [0.2, 0.25) is 0 Å². The van der Waals surface area contributed by atoms with Gasteiger partial charge in [-0.05, 0) is 25.7 Å². The molecule has 0 aromatic carbocycles. The Morgan fingerprint density at radius 3 is 2.25 bits per heavy atom. The van der Waals surface area contributed by atoms with Crippen molar-refractivity contribution in [2.45, 2.75) is 44.7 Å². The predicted molar refractivity (Wildman–Crippen MR) is 51.3 cm³/mol. The molecule has 3 N–H and O–H groups in total. The van der Waals surface area contributed by atoms with Gasteiger partial charge in [0.05, 0.1) is 0 Å². The van der Waals surface area contributed by atoms with Crippen molar-refractivity contribution in [3.05, 3.63) is 0 Å². The molecule has 0 bridgehead atoms. The molecule has 0 radical (unpaired) electrons. The summed E-state index contributed by atoms with van der Waals surface area (Å²) in [6, 6.07) is 0.743. The van der Waals surface area contributed by atoms with E-state index in [4.69, 9.17) is 5.73 Å². The van der Waals surface area contributed by atoms with Crippen molar-refractivity contribution in [3.63, 3.8) is 0 Å². The lowest BCUT2D eigenvalue weighted by atomic mass is 9.92. The summed E-state index contributed by atoms with van der Waals surface area (Å²) in [4.78, 5) is 10.7. The third-order valence-corrected chi connectivity index (χ3v) is 2.18. The minimum Gasteiger partial charge on any atom is -0.354 e. The average Bonchev–Trinajstić information content (AvgIpc) is 1.93. The van der Waals surface area contributed by atoms with E-state index in [-0.39, 0.29) is 18.3 Å². The van der Waals surface area contributed by atoms with E-state index in [1.54, 1.807) is 6.92 Å². The van der Waals surface area contributed by atoms with E-state index in [9.17, 15) is 4.79 Å². The summed E-state index contributed by atoms with van der Waals surface area (Å²) < 4.78 is 0. The van der Waals surface area contributed by atoms with E-state index in [2.05, 4.69) is 5.32 Å². The molecule has 0 spiro atoms. The fourth-order valence-electron chi connectivity index (χ4n) is 1.55. The van der Waals surface area contributed by atoms with Gasteiger partial charge >= 0.3 is 0 Å². The molecule has 72 valence electrons. The molecular formula is C8H17ClN2O. The van der Waals surface area contributed by atoms with Crippen molar-refractivity contribution < 1.29 is 4.79 Å². The molecule has 0 saturated heterocycles. The molecule has 0 aromatic rings. The van der Waals surface area contributed by atoms with E-state index >= 15 is 0 Å². The number of nitrogens with two attached hydrogens (primary N) is 1. The second-order valence-corrected chi connectivity index (χ2v) is 3.31. The highest BCUT2D eigenvalue weighted by Crippen LogP contribution is 2.16. The summed E-state index contributed by atoms with van der Waals surface area (Å²) in [6.07, 6.45) is 4.18. The molecule has 1 fully saturated rings. The van der Waals surface area contributed by atoms with Gasteiger partial charge in [0, 0.05) is 19.0 Å². The van der Waals surface area contributed by atoms with Gasteiger partial charge in [-0.3, -0.25) is 4.79 Å². The van der Waals surface area contributed by atoms with Crippen LogP contribution in [0, 0.1) is 0 Å². The van der Waals surface area contributed by atoms with Gasteiger partial charge in [-0.25, -0.2) is 0 Å². The fraction of sp³-hybridized carbons (Fsp3) is 0.875. The van der Waals surface area contributed by atoms with E-state index in [1.807, 2.05) is 0 Å². The van der Waals surface area contributed by atoms with Crippen molar-refractivity contribution in [1.82, 2.24) is 5.32 Å². The summed E-state index contributed by atoms with van der Waals surface area (Å²) in [7, 11) is 0. The maximum absolute atomic E-state index is 10.7. The quantitative estimate of drug-likeness (QED) is 0.646. The van der Waals surface area contributed by atoms with Crippen LogP contribution in [0.15, 0.2) is 0 Å². The highest BCUT2D eigenvalue weighted by atomic mass is 35.5. The zero-order valence-electron chi connectivity index (χ0n) is 7.38. The van der Waals surface area contributed by atoms with Crippen molar-refractivity contribution in [2.75, 3.05) is 0 Å². The number of nitrogens with one attached hydrogen (secondary N) is 1. The second-order valence-electron chi connectivity index (χ2n) is 3.31. The molecule has 0 aromatic heterocycles. The standard InChI is InChI=1S/C8H16N2O.ClH/c1-6(11)10-8-4-2-7(9)3-5-8;/h7-8H,2-5,9H2,1H3,(H,10,11);1H/t7-,8+;. The van der Waals surface area contributed by atoms with Crippen molar-refractivity contribution >= 4 is 18.3 Å². The second kappa shape index (κ2) is 5.38. The molecule has 1 saturated carbocycles. The molecule has 0 aliphatic heterocycles. The summed E-state index contributed by atoms with van der Waals surface area (Å²) >= 11 is 0. The first kappa shape index (κ1) is 11.7. The molecule has 0 heterocycles. The molecule has 1 amide bonds. The Morgan fingerprint density at radius 2 is 1.83 bits per heavy atom. The number of halogens is 1. The lowest BCUT2D eigenvalue weighted by Crippen LogP contribution is -2.39. The monoisotopic (exact) mass is 192 g/mol. The van der Waals surface area contributed by atoms with Crippen LogP contribution in [0.1, 0.15) is 32.6 Å². The SMILES string of the molecule is CC(=O)N[C@H]1CC[C@@H](N)CC1.Cl. The number of carbonyl (C=O) groups is 1. The summed E-state index contributed by atoms with van der Waals surface area (Å²) in [5, 5.41) is 2.91. The Bertz CT molecular complexity index is 144. The highest BCUT2D eigenvalue weighted by Gasteiger charge is 2.18. The third-order valence-electron chi connectivity index (χ3n) is 2.18. The van der Waals surface area contributed by atoms with Gasteiger partial charge in [0.25, 0.3) is 0 Å². The smallest absolute Gasteiger partial charge is 0.217 e. The van der Waals surface area contributed by atoms with Gasteiger partial charge in [-0.15, -0.1) is 12.4 Å². The zero-order chi connectivity index (χ0) is 8.27. The maximum Gasteiger partial charge on any atom is 0.217 e. The molecule has 4 heteroatoms. The van der Waals surface area contributed by atoms with Crippen LogP contribution in [-0.4, -0.2) is 18.0 Å². The molecule has 0 atom stereocenters. The van der Waals surface area contributed by atoms with Crippen LogP contribution in [0.3, 0.4) is 0 Å². The van der Waals surface area contributed by atoms with Gasteiger partial charge in [0.1, 0.15) is 0 Å². The Morgan fingerprint density at radius 1 is 1.33 bits per heavy atom. The number of rotatable bonds is 1. The first-order valence-corrected chi connectivity index (χ1v) is 4.21. The Labute approximate surface area is 79.5 Å². The van der Waals surface area contributed by atoms with Crippen LogP contribution >= 0.6 is 12.4 Å².